The lowest BCUT2D eigenvalue weighted by atomic mass is 10.0. The molecule has 0 radical (unpaired) electrons. The Labute approximate surface area is 176 Å². The van der Waals surface area contributed by atoms with Gasteiger partial charge in [-0.25, -0.2) is 8.78 Å². The fourth-order valence-electron chi connectivity index (χ4n) is 4.07. The molecule has 0 bridgehead atoms. The third kappa shape index (κ3) is 2.73. The first-order valence-corrected chi connectivity index (χ1v) is 10.4. The SMILES string of the molecule is O=C1CSC2(C(=O)N(Cc3ccc(F)cc3)c3ccccc32)N1c1ccc(F)cc1. The number of fused-ring (bicyclic) bond motifs is 2. The molecule has 2 aliphatic heterocycles. The summed E-state index contributed by atoms with van der Waals surface area (Å²) in [6.07, 6.45) is 0. The van der Waals surface area contributed by atoms with E-state index in [0.29, 0.717) is 11.4 Å². The van der Waals surface area contributed by atoms with Crippen LogP contribution in [0.25, 0.3) is 0 Å². The van der Waals surface area contributed by atoms with Crippen LogP contribution in [0.2, 0.25) is 0 Å². The van der Waals surface area contributed by atoms with Gasteiger partial charge in [-0.2, -0.15) is 0 Å². The van der Waals surface area contributed by atoms with Crippen molar-refractivity contribution in [3.63, 3.8) is 0 Å². The Bertz CT molecular complexity index is 1150. The second kappa shape index (κ2) is 6.95. The van der Waals surface area contributed by atoms with Gasteiger partial charge in [0.2, 0.25) is 10.8 Å². The number of carbonyl (C=O) groups excluding carboxylic acids is 2. The molecule has 30 heavy (non-hydrogen) atoms. The number of amides is 2. The van der Waals surface area contributed by atoms with Crippen molar-refractivity contribution in [2.24, 2.45) is 0 Å². The van der Waals surface area contributed by atoms with Crippen molar-refractivity contribution in [3.05, 3.63) is 95.6 Å². The smallest absolute Gasteiger partial charge is 0.269 e. The van der Waals surface area contributed by atoms with Crippen LogP contribution >= 0.6 is 11.8 Å². The van der Waals surface area contributed by atoms with Gasteiger partial charge in [-0.05, 0) is 48.0 Å². The van der Waals surface area contributed by atoms with Gasteiger partial charge in [-0.15, -0.1) is 11.8 Å². The van der Waals surface area contributed by atoms with Gasteiger partial charge in [0.15, 0.2) is 0 Å². The number of hydrogen-bond donors (Lipinski definition) is 0. The lowest BCUT2D eigenvalue weighted by Gasteiger charge is -2.33. The Hall–Kier alpha value is -3.19. The number of thioether (sulfide) groups is 1. The molecule has 1 saturated heterocycles. The topological polar surface area (TPSA) is 40.6 Å². The number of nitrogens with zero attached hydrogens (tertiary/aromatic N) is 2. The third-order valence-electron chi connectivity index (χ3n) is 5.40. The quantitative estimate of drug-likeness (QED) is 0.627. The Balaban J connectivity index is 1.62. The van der Waals surface area contributed by atoms with Crippen molar-refractivity contribution in [2.45, 2.75) is 11.4 Å². The first-order valence-electron chi connectivity index (χ1n) is 9.39. The van der Waals surface area contributed by atoms with Crippen molar-refractivity contribution >= 4 is 35.0 Å². The first kappa shape index (κ1) is 18.8. The average Bonchev–Trinajstić information content (AvgIpc) is 3.22. The summed E-state index contributed by atoms with van der Waals surface area (Å²) in [7, 11) is 0. The van der Waals surface area contributed by atoms with Crippen molar-refractivity contribution in [2.75, 3.05) is 15.6 Å². The molecule has 150 valence electrons. The van der Waals surface area contributed by atoms with Crippen molar-refractivity contribution in [1.29, 1.82) is 0 Å². The van der Waals surface area contributed by atoms with Crippen LogP contribution in [0.15, 0.2) is 72.8 Å². The van der Waals surface area contributed by atoms with Gasteiger partial charge in [0, 0.05) is 11.3 Å². The highest BCUT2D eigenvalue weighted by atomic mass is 32.2. The highest BCUT2D eigenvalue weighted by Gasteiger charge is 2.60. The first-order chi connectivity index (χ1) is 14.5. The average molecular weight is 422 g/mol. The largest absolute Gasteiger partial charge is 0.304 e. The van der Waals surface area contributed by atoms with Crippen molar-refractivity contribution in [3.8, 4) is 0 Å². The van der Waals surface area contributed by atoms with Gasteiger partial charge in [0.05, 0.1) is 18.0 Å². The minimum Gasteiger partial charge on any atom is -0.304 e. The molecule has 3 aromatic carbocycles. The highest BCUT2D eigenvalue weighted by molar-refractivity contribution is 8.02. The second-order valence-corrected chi connectivity index (χ2v) is 8.34. The lowest BCUT2D eigenvalue weighted by Crippen LogP contribution is -2.49. The zero-order valence-electron chi connectivity index (χ0n) is 15.7. The fraction of sp³-hybridized carbons (Fsp3) is 0.130. The number of benzene rings is 3. The van der Waals surface area contributed by atoms with E-state index in [1.807, 2.05) is 24.3 Å². The second-order valence-electron chi connectivity index (χ2n) is 7.17. The Morgan fingerprint density at radius 1 is 0.867 bits per heavy atom. The molecule has 0 N–H and O–H groups in total. The van der Waals surface area contributed by atoms with E-state index in [1.165, 1.54) is 53.1 Å². The van der Waals surface area contributed by atoms with E-state index >= 15 is 0 Å². The van der Waals surface area contributed by atoms with Gasteiger partial charge >= 0.3 is 0 Å². The van der Waals surface area contributed by atoms with Gasteiger partial charge < -0.3 is 4.90 Å². The van der Waals surface area contributed by atoms with Crippen LogP contribution in [-0.2, 0) is 21.0 Å². The maximum atomic E-state index is 13.8. The summed E-state index contributed by atoms with van der Waals surface area (Å²) < 4.78 is 26.8. The van der Waals surface area contributed by atoms with Crippen LogP contribution in [0.5, 0.6) is 0 Å². The molecule has 0 aromatic heterocycles. The Kier molecular flexibility index (Phi) is 4.36. The van der Waals surface area contributed by atoms with E-state index in [2.05, 4.69) is 0 Å². The monoisotopic (exact) mass is 422 g/mol. The summed E-state index contributed by atoms with van der Waals surface area (Å²) in [6, 6.07) is 18.9. The van der Waals surface area contributed by atoms with E-state index in [9.17, 15) is 18.4 Å². The number of hydrogen-bond acceptors (Lipinski definition) is 3. The van der Waals surface area contributed by atoms with Crippen LogP contribution in [0, 0.1) is 11.6 Å². The van der Waals surface area contributed by atoms with E-state index in [1.54, 1.807) is 17.0 Å². The normalized spacial score (nSPS) is 20.3. The molecule has 3 aromatic rings. The standard InChI is InChI=1S/C23H16F2N2O2S/c24-16-7-5-15(6-8-16)13-26-20-4-2-1-3-19(20)23(22(26)29)27(21(28)14-30-23)18-11-9-17(25)10-12-18/h1-12H,13-14H2. The number of halogens is 2. The molecule has 1 atom stereocenters. The van der Waals surface area contributed by atoms with E-state index in [4.69, 9.17) is 0 Å². The van der Waals surface area contributed by atoms with Gasteiger partial charge in [0.1, 0.15) is 11.6 Å². The van der Waals surface area contributed by atoms with Crippen LogP contribution in [0.4, 0.5) is 20.2 Å². The van der Waals surface area contributed by atoms with E-state index in [0.717, 1.165) is 11.1 Å². The predicted octanol–water partition coefficient (Wildman–Crippen LogP) is 4.44. The molecule has 1 fully saturated rings. The molecule has 2 amide bonds. The molecule has 0 saturated carbocycles. The molecule has 7 heteroatoms. The molecule has 1 unspecified atom stereocenters. The predicted molar refractivity (Wildman–Crippen MR) is 112 cm³/mol. The minimum absolute atomic E-state index is 0.141. The number of carbonyl (C=O) groups is 2. The Morgan fingerprint density at radius 2 is 1.50 bits per heavy atom. The lowest BCUT2D eigenvalue weighted by molar-refractivity contribution is -0.123. The van der Waals surface area contributed by atoms with Crippen LogP contribution < -0.4 is 9.80 Å². The summed E-state index contributed by atoms with van der Waals surface area (Å²) in [5, 5.41) is 0. The zero-order chi connectivity index (χ0) is 20.9. The molecule has 4 nitrogen and oxygen atoms in total. The molecular weight excluding hydrogens is 406 g/mol. The summed E-state index contributed by atoms with van der Waals surface area (Å²) in [6.45, 7) is 0.254. The zero-order valence-corrected chi connectivity index (χ0v) is 16.5. The highest BCUT2D eigenvalue weighted by Crippen LogP contribution is 2.55. The molecular formula is C23H16F2N2O2S. The summed E-state index contributed by atoms with van der Waals surface area (Å²) in [5.74, 6) is -1.07. The van der Waals surface area contributed by atoms with Crippen LogP contribution in [0.1, 0.15) is 11.1 Å². The summed E-state index contributed by atoms with van der Waals surface area (Å²) in [5.41, 5.74) is 2.68. The van der Waals surface area contributed by atoms with Crippen LogP contribution in [0.3, 0.4) is 0 Å². The maximum Gasteiger partial charge on any atom is 0.269 e. The number of anilines is 2. The van der Waals surface area contributed by atoms with Crippen molar-refractivity contribution in [1.82, 2.24) is 0 Å². The van der Waals surface area contributed by atoms with Gasteiger partial charge in [0.25, 0.3) is 5.91 Å². The maximum absolute atomic E-state index is 13.8. The third-order valence-corrected chi connectivity index (χ3v) is 6.79. The van der Waals surface area contributed by atoms with E-state index in [-0.39, 0.29) is 29.9 Å². The summed E-state index contributed by atoms with van der Waals surface area (Å²) in [4.78, 5) is 28.6. The Morgan fingerprint density at radius 3 is 2.20 bits per heavy atom. The molecule has 2 heterocycles. The number of para-hydroxylation sites is 1. The van der Waals surface area contributed by atoms with Gasteiger partial charge in [-0.1, -0.05) is 30.3 Å². The molecule has 0 aliphatic carbocycles. The number of rotatable bonds is 3. The summed E-state index contributed by atoms with van der Waals surface area (Å²) >= 11 is 1.27. The molecule has 1 spiro atoms. The molecule has 5 rings (SSSR count). The fourth-order valence-corrected chi connectivity index (χ4v) is 5.43. The van der Waals surface area contributed by atoms with Crippen molar-refractivity contribution < 1.29 is 18.4 Å². The minimum atomic E-state index is -1.24. The van der Waals surface area contributed by atoms with Gasteiger partial charge in [-0.3, -0.25) is 14.5 Å². The molecule has 2 aliphatic rings. The van der Waals surface area contributed by atoms with E-state index < -0.39 is 10.7 Å². The van der Waals surface area contributed by atoms with Crippen LogP contribution in [-0.4, -0.2) is 17.6 Å².